The summed E-state index contributed by atoms with van der Waals surface area (Å²) in [6.07, 6.45) is 3.81. The number of benzene rings is 3. The zero-order valence-corrected chi connectivity index (χ0v) is 21.2. The van der Waals surface area contributed by atoms with Crippen LogP contribution >= 0.6 is 0 Å². The monoisotopic (exact) mass is 496 g/mol. The molecule has 1 aliphatic rings. The van der Waals surface area contributed by atoms with Crippen LogP contribution in [-0.4, -0.2) is 53.8 Å². The lowest BCUT2D eigenvalue weighted by Crippen LogP contribution is -2.33. The molecule has 0 aromatic heterocycles. The van der Waals surface area contributed by atoms with Gasteiger partial charge < -0.3 is 19.6 Å². The van der Waals surface area contributed by atoms with E-state index in [1.807, 2.05) is 104 Å². The van der Waals surface area contributed by atoms with Gasteiger partial charge in [-0.25, -0.2) is 0 Å². The van der Waals surface area contributed by atoms with Crippen molar-refractivity contribution in [1.82, 2.24) is 9.80 Å². The second-order valence-electron chi connectivity index (χ2n) is 9.28. The fourth-order valence-corrected chi connectivity index (χ4v) is 4.38. The first kappa shape index (κ1) is 25.9. The van der Waals surface area contributed by atoms with Gasteiger partial charge in [-0.15, -0.1) is 0 Å². The molecule has 6 heteroatoms. The number of aliphatic hydroxyl groups excluding tert-OH is 1. The van der Waals surface area contributed by atoms with Crippen LogP contribution in [0.4, 0.5) is 0 Å². The minimum absolute atomic E-state index is 0.0854. The van der Waals surface area contributed by atoms with Crippen LogP contribution < -0.4 is 4.74 Å². The normalized spacial score (nSPS) is 15.7. The van der Waals surface area contributed by atoms with Gasteiger partial charge in [0.25, 0.3) is 5.91 Å². The van der Waals surface area contributed by atoms with Crippen molar-refractivity contribution in [2.45, 2.75) is 19.1 Å². The summed E-state index contributed by atoms with van der Waals surface area (Å²) in [5, 5.41) is 10.8. The Morgan fingerprint density at radius 2 is 1.70 bits per heavy atom. The van der Waals surface area contributed by atoms with E-state index in [1.54, 1.807) is 11.0 Å². The quantitative estimate of drug-likeness (QED) is 0.370. The highest BCUT2D eigenvalue weighted by molar-refractivity contribution is 6.14. The molecule has 1 heterocycles. The number of amides is 1. The van der Waals surface area contributed by atoms with Crippen molar-refractivity contribution in [2.75, 3.05) is 27.2 Å². The van der Waals surface area contributed by atoms with E-state index in [-0.39, 0.29) is 5.57 Å². The van der Waals surface area contributed by atoms with E-state index in [4.69, 9.17) is 4.74 Å². The summed E-state index contributed by atoms with van der Waals surface area (Å²) < 4.78 is 6.01. The largest absolute Gasteiger partial charge is 0.503 e. The van der Waals surface area contributed by atoms with E-state index < -0.39 is 23.5 Å². The van der Waals surface area contributed by atoms with Crippen LogP contribution in [0.5, 0.6) is 5.75 Å². The first-order chi connectivity index (χ1) is 17.9. The SMILES string of the molecule is CN(C)CCCN1C(=O)C(O)=C(C(=O)C=Cc2ccccc2)C1c1cccc(OCc2ccccc2)c1. The van der Waals surface area contributed by atoms with Gasteiger partial charge in [-0.05, 0) is 62.0 Å². The Labute approximate surface area is 218 Å². The molecule has 0 aliphatic carbocycles. The first-order valence-electron chi connectivity index (χ1n) is 12.4. The zero-order valence-electron chi connectivity index (χ0n) is 21.2. The van der Waals surface area contributed by atoms with Crippen molar-refractivity contribution in [3.63, 3.8) is 0 Å². The third kappa shape index (κ3) is 6.54. The van der Waals surface area contributed by atoms with E-state index in [1.165, 1.54) is 6.08 Å². The third-order valence-electron chi connectivity index (χ3n) is 6.22. The van der Waals surface area contributed by atoms with Crippen molar-refractivity contribution in [3.8, 4) is 5.75 Å². The number of nitrogens with zero attached hydrogens (tertiary/aromatic N) is 2. The molecule has 0 bridgehead atoms. The van der Waals surface area contributed by atoms with Crippen LogP contribution in [-0.2, 0) is 16.2 Å². The van der Waals surface area contributed by atoms with Crippen molar-refractivity contribution in [3.05, 3.63) is 119 Å². The Kier molecular flexibility index (Phi) is 8.54. The minimum atomic E-state index is -0.706. The Morgan fingerprint density at radius 3 is 2.41 bits per heavy atom. The summed E-state index contributed by atoms with van der Waals surface area (Å²) in [5.74, 6) is -0.797. The number of carbonyl (C=O) groups excluding carboxylic acids is 2. The molecule has 6 nitrogen and oxygen atoms in total. The molecule has 0 saturated heterocycles. The summed E-state index contributed by atoms with van der Waals surface area (Å²) in [6, 6.07) is 26.0. The standard InChI is InChI=1S/C31H32N2O4/c1-32(2)19-10-20-33-29(25-15-9-16-26(21-25)37-22-24-13-7-4-8-14-24)28(30(35)31(33)36)27(34)18-17-23-11-5-3-6-12-23/h3-9,11-18,21,29,35H,10,19-20,22H2,1-2H3. The molecule has 37 heavy (non-hydrogen) atoms. The Hall–Kier alpha value is -4.16. The average Bonchev–Trinajstić information content (AvgIpc) is 3.17. The number of rotatable bonds is 11. The molecular formula is C31H32N2O4. The molecule has 0 fully saturated rings. The van der Waals surface area contributed by atoms with Crippen LogP contribution in [0.15, 0.2) is 102 Å². The van der Waals surface area contributed by atoms with Gasteiger partial charge in [0.2, 0.25) is 0 Å². The molecule has 1 atom stereocenters. The molecule has 3 aromatic carbocycles. The first-order valence-corrected chi connectivity index (χ1v) is 12.4. The van der Waals surface area contributed by atoms with Crippen LogP contribution in [0.1, 0.15) is 29.2 Å². The van der Waals surface area contributed by atoms with Gasteiger partial charge in [-0.2, -0.15) is 0 Å². The summed E-state index contributed by atoms with van der Waals surface area (Å²) in [6.45, 7) is 1.57. The van der Waals surface area contributed by atoms with Gasteiger partial charge in [0, 0.05) is 6.54 Å². The molecule has 0 radical (unpaired) electrons. The highest BCUT2D eigenvalue weighted by atomic mass is 16.5. The molecule has 1 unspecified atom stereocenters. The summed E-state index contributed by atoms with van der Waals surface area (Å²) in [5.41, 5.74) is 2.69. The minimum Gasteiger partial charge on any atom is -0.503 e. The molecule has 1 aliphatic heterocycles. The Bertz CT molecular complexity index is 1280. The fourth-order valence-electron chi connectivity index (χ4n) is 4.38. The van der Waals surface area contributed by atoms with E-state index in [0.717, 1.165) is 17.7 Å². The lowest BCUT2D eigenvalue weighted by Gasteiger charge is -2.27. The number of aliphatic hydroxyl groups is 1. The maximum absolute atomic E-state index is 13.4. The lowest BCUT2D eigenvalue weighted by atomic mass is 9.95. The van der Waals surface area contributed by atoms with Gasteiger partial charge in [-0.3, -0.25) is 9.59 Å². The molecule has 4 rings (SSSR count). The second-order valence-corrected chi connectivity index (χ2v) is 9.28. The average molecular weight is 497 g/mol. The van der Waals surface area contributed by atoms with Gasteiger partial charge in [0.1, 0.15) is 12.4 Å². The van der Waals surface area contributed by atoms with Gasteiger partial charge >= 0.3 is 0 Å². The van der Waals surface area contributed by atoms with Crippen LogP contribution in [0, 0.1) is 0 Å². The maximum atomic E-state index is 13.4. The van der Waals surface area contributed by atoms with E-state index >= 15 is 0 Å². The third-order valence-corrected chi connectivity index (χ3v) is 6.22. The van der Waals surface area contributed by atoms with Gasteiger partial charge in [-0.1, -0.05) is 78.9 Å². The topological polar surface area (TPSA) is 70.1 Å². The van der Waals surface area contributed by atoms with E-state index in [0.29, 0.717) is 30.9 Å². The van der Waals surface area contributed by atoms with Crippen LogP contribution in [0.3, 0.4) is 0 Å². The second kappa shape index (κ2) is 12.2. The van der Waals surface area contributed by atoms with Crippen molar-refractivity contribution in [2.24, 2.45) is 0 Å². The number of hydrogen-bond acceptors (Lipinski definition) is 5. The molecular weight excluding hydrogens is 464 g/mol. The van der Waals surface area contributed by atoms with Crippen LogP contribution in [0.25, 0.3) is 6.08 Å². The molecule has 0 spiro atoms. The van der Waals surface area contributed by atoms with Crippen molar-refractivity contribution in [1.29, 1.82) is 0 Å². The van der Waals surface area contributed by atoms with E-state index in [2.05, 4.69) is 0 Å². The van der Waals surface area contributed by atoms with Gasteiger partial charge in [0.15, 0.2) is 11.5 Å². The van der Waals surface area contributed by atoms with Crippen molar-refractivity contribution >= 4 is 17.8 Å². The molecule has 1 amide bonds. The predicted octanol–water partition coefficient (Wildman–Crippen LogP) is 5.20. The number of ether oxygens (including phenoxy) is 1. The van der Waals surface area contributed by atoms with E-state index in [9.17, 15) is 14.7 Å². The predicted molar refractivity (Wildman–Crippen MR) is 145 cm³/mol. The summed E-state index contributed by atoms with van der Waals surface area (Å²) in [4.78, 5) is 30.1. The van der Waals surface area contributed by atoms with Crippen molar-refractivity contribution < 1.29 is 19.4 Å². The van der Waals surface area contributed by atoms with Gasteiger partial charge in [0.05, 0.1) is 11.6 Å². The summed E-state index contributed by atoms with van der Waals surface area (Å²) >= 11 is 0. The number of hydrogen-bond donors (Lipinski definition) is 1. The highest BCUT2D eigenvalue weighted by Gasteiger charge is 2.42. The Balaban J connectivity index is 1.63. The highest BCUT2D eigenvalue weighted by Crippen LogP contribution is 2.39. The summed E-state index contributed by atoms with van der Waals surface area (Å²) in [7, 11) is 3.94. The molecule has 0 saturated carbocycles. The molecule has 3 aromatic rings. The zero-order chi connectivity index (χ0) is 26.2. The maximum Gasteiger partial charge on any atom is 0.290 e. The lowest BCUT2D eigenvalue weighted by molar-refractivity contribution is -0.129. The Morgan fingerprint density at radius 1 is 1.00 bits per heavy atom. The molecule has 190 valence electrons. The number of ketones is 1. The fraction of sp³-hybridized carbons (Fsp3) is 0.226. The number of carbonyl (C=O) groups is 2. The van der Waals surface area contributed by atoms with Crippen LogP contribution in [0.2, 0.25) is 0 Å². The molecule has 1 N–H and O–H groups in total. The number of allylic oxidation sites excluding steroid dienone is 1. The smallest absolute Gasteiger partial charge is 0.290 e.